The van der Waals surface area contributed by atoms with Gasteiger partial charge in [0.15, 0.2) is 5.82 Å². The van der Waals surface area contributed by atoms with Crippen LogP contribution in [-0.2, 0) is 12.4 Å². The zero-order chi connectivity index (χ0) is 23.8. The quantitative estimate of drug-likeness (QED) is 0.263. The van der Waals surface area contributed by atoms with E-state index in [1.165, 1.54) is 0 Å². The van der Waals surface area contributed by atoms with Crippen LogP contribution < -0.4 is 5.73 Å². The van der Waals surface area contributed by atoms with E-state index in [4.69, 9.17) is 5.73 Å². The smallest absolute Gasteiger partial charge is 0.399 e. The second-order valence-corrected chi connectivity index (χ2v) is 7.24. The molecule has 0 aliphatic heterocycles. The van der Waals surface area contributed by atoms with Gasteiger partial charge in [-0.05, 0) is 47.5 Å². The van der Waals surface area contributed by atoms with Gasteiger partial charge in [0.2, 0.25) is 0 Å². The lowest BCUT2D eigenvalue weighted by Crippen LogP contribution is -2.10. The number of hydrogen-bond acceptors (Lipinski definition) is 3. The molecule has 0 fully saturated rings. The van der Waals surface area contributed by atoms with Crippen molar-refractivity contribution >= 4 is 5.69 Å². The van der Waals surface area contributed by atoms with Gasteiger partial charge < -0.3 is 5.73 Å². The van der Waals surface area contributed by atoms with Crippen LogP contribution in [0.3, 0.4) is 0 Å². The van der Waals surface area contributed by atoms with E-state index in [1.807, 2.05) is 0 Å². The van der Waals surface area contributed by atoms with Crippen molar-refractivity contribution in [2.45, 2.75) is 12.4 Å². The molecule has 0 aliphatic rings. The fourth-order valence-corrected chi connectivity index (χ4v) is 3.26. The average molecular weight is 459 g/mol. The molecule has 33 heavy (non-hydrogen) atoms. The molecular weight excluding hydrogens is 444 g/mol. The minimum Gasteiger partial charge on any atom is -0.399 e. The van der Waals surface area contributed by atoms with Crippen LogP contribution in [0, 0.1) is 0 Å². The SMILES string of the molecule is Nc1cccc(-c2cccc(-c3nc(-c4ccc(C(F)(F)F)cc4)cc(C(F)(F)F)n3)c2)c1. The largest absolute Gasteiger partial charge is 0.433 e. The van der Waals surface area contributed by atoms with Crippen LogP contribution in [0.1, 0.15) is 11.3 Å². The molecule has 0 atom stereocenters. The zero-order valence-corrected chi connectivity index (χ0v) is 16.7. The molecule has 0 saturated carbocycles. The van der Waals surface area contributed by atoms with Crippen LogP contribution in [0.15, 0.2) is 78.9 Å². The van der Waals surface area contributed by atoms with Gasteiger partial charge in [0.1, 0.15) is 5.69 Å². The molecule has 0 amide bonds. The number of hydrogen-bond donors (Lipinski definition) is 1. The Balaban J connectivity index is 1.82. The van der Waals surface area contributed by atoms with E-state index in [0.717, 1.165) is 29.8 Å². The topological polar surface area (TPSA) is 51.8 Å². The van der Waals surface area contributed by atoms with E-state index < -0.39 is 23.6 Å². The number of halogens is 6. The van der Waals surface area contributed by atoms with E-state index in [0.29, 0.717) is 22.9 Å². The second-order valence-electron chi connectivity index (χ2n) is 7.24. The predicted molar refractivity (Wildman–Crippen MR) is 113 cm³/mol. The molecule has 9 heteroatoms. The van der Waals surface area contributed by atoms with Gasteiger partial charge in [-0.1, -0.05) is 42.5 Å². The highest BCUT2D eigenvalue weighted by atomic mass is 19.4. The minimum atomic E-state index is -4.77. The molecule has 0 unspecified atom stereocenters. The maximum absolute atomic E-state index is 13.5. The van der Waals surface area contributed by atoms with Crippen molar-refractivity contribution in [1.82, 2.24) is 9.97 Å². The number of benzene rings is 3. The summed E-state index contributed by atoms with van der Waals surface area (Å²) < 4.78 is 79.2. The molecule has 3 aromatic carbocycles. The first-order chi connectivity index (χ1) is 15.5. The summed E-state index contributed by atoms with van der Waals surface area (Å²) >= 11 is 0. The number of nitrogen functional groups attached to an aromatic ring is 1. The van der Waals surface area contributed by atoms with E-state index in [9.17, 15) is 26.3 Å². The predicted octanol–water partition coefficient (Wildman–Crippen LogP) is 7.10. The third-order valence-electron chi connectivity index (χ3n) is 4.87. The molecule has 0 spiro atoms. The lowest BCUT2D eigenvalue weighted by Gasteiger charge is -2.12. The fourth-order valence-electron chi connectivity index (χ4n) is 3.26. The molecule has 3 nitrogen and oxygen atoms in total. The van der Waals surface area contributed by atoms with Crippen molar-refractivity contribution in [1.29, 1.82) is 0 Å². The molecule has 0 bridgehead atoms. The first kappa shape index (κ1) is 22.3. The van der Waals surface area contributed by atoms with E-state index in [1.54, 1.807) is 48.5 Å². The molecule has 4 rings (SSSR count). The van der Waals surface area contributed by atoms with Crippen molar-refractivity contribution in [2.75, 3.05) is 5.73 Å². The Kier molecular flexibility index (Phi) is 5.57. The maximum Gasteiger partial charge on any atom is 0.433 e. The Morgan fingerprint density at radius 1 is 0.576 bits per heavy atom. The number of nitrogens with zero attached hydrogens (tertiary/aromatic N) is 2. The second kappa shape index (κ2) is 8.23. The van der Waals surface area contributed by atoms with Gasteiger partial charge in [0.25, 0.3) is 0 Å². The highest BCUT2D eigenvalue weighted by Crippen LogP contribution is 2.35. The molecular formula is C24H15F6N3. The molecule has 168 valence electrons. The van der Waals surface area contributed by atoms with Gasteiger partial charge in [0.05, 0.1) is 11.3 Å². The van der Waals surface area contributed by atoms with Crippen molar-refractivity contribution < 1.29 is 26.3 Å². The molecule has 0 radical (unpaired) electrons. The Morgan fingerprint density at radius 2 is 1.18 bits per heavy atom. The highest BCUT2D eigenvalue weighted by molar-refractivity contribution is 5.73. The number of aromatic nitrogens is 2. The lowest BCUT2D eigenvalue weighted by molar-refractivity contribution is -0.141. The van der Waals surface area contributed by atoms with Crippen LogP contribution in [-0.4, -0.2) is 9.97 Å². The minimum absolute atomic E-state index is 0.101. The summed E-state index contributed by atoms with van der Waals surface area (Å²) in [6, 6.07) is 18.1. The summed E-state index contributed by atoms with van der Waals surface area (Å²) in [5, 5.41) is 0. The number of alkyl halides is 6. The molecule has 0 saturated heterocycles. The monoisotopic (exact) mass is 459 g/mol. The number of anilines is 1. The third-order valence-corrected chi connectivity index (χ3v) is 4.87. The molecule has 2 N–H and O–H groups in total. The normalized spacial score (nSPS) is 12.1. The van der Waals surface area contributed by atoms with Crippen molar-refractivity contribution in [3.05, 3.63) is 90.1 Å². The summed E-state index contributed by atoms with van der Waals surface area (Å²) in [5.74, 6) is -0.203. The van der Waals surface area contributed by atoms with Gasteiger partial charge >= 0.3 is 12.4 Å². The first-order valence-corrected chi connectivity index (χ1v) is 9.61. The van der Waals surface area contributed by atoms with Gasteiger partial charge in [-0.15, -0.1) is 0 Å². The maximum atomic E-state index is 13.5. The van der Waals surface area contributed by atoms with Crippen LogP contribution in [0.2, 0.25) is 0 Å². The standard InChI is InChI=1S/C24H15F6N3/c25-23(26,27)18-9-7-14(8-10-18)20-13-21(24(28,29)30)33-22(32-20)17-5-1-3-15(11-17)16-4-2-6-19(31)12-16/h1-13H,31H2. The van der Waals surface area contributed by atoms with Crippen LogP contribution >= 0.6 is 0 Å². The lowest BCUT2D eigenvalue weighted by atomic mass is 10.0. The average Bonchev–Trinajstić information content (AvgIpc) is 2.78. The zero-order valence-electron chi connectivity index (χ0n) is 16.7. The Bertz CT molecular complexity index is 1290. The number of rotatable bonds is 3. The van der Waals surface area contributed by atoms with E-state index in [2.05, 4.69) is 9.97 Å². The fraction of sp³-hybridized carbons (Fsp3) is 0.0833. The van der Waals surface area contributed by atoms with Gasteiger partial charge in [-0.3, -0.25) is 0 Å². The Labute approximate surface area is 184 Å². The summed E-state index contributed by atoms with van der Waals surface area (Å²) in [5.41, 5.74) is 5.95. The summed E-state index contributed by atoms with van der Waals surface area (Å²) in [6.07, 6.45) is -9.34. The summed E-state index contributed by atoms with van der Waals surface area (Å²) in [7, 11) is 0. The molecule has 4 aromatic rings. The van der Waals surface area contributed by atoms with Gasteiger partial charge in [-0.25, -0.2) is 9.97 Å². The van der Waals surface area contributed by atoms with Crippen molar-refractivity contribution in [2.24, 2.45) is 0 Å². The van der Waals surface area contributed by atoms with Crippen molar-refractivity contribution in [3.63, 3.8) is 0 Å². The molecule has 1 aromatic heterocycles. The van der Waals surface area contributed by atoms with Gasteiger partial charge in [0, 0.05) is 16.8 Å². The number of nitrogens with two attached hydrogens (primary N) is 1. The molecule has 0 aliphatic carbocycles. The molecule has 1 heterocycles. The third kappa shape index (κ3) is 4.97. The first-order valence-electron chi connectivity index (χ1n) is 9.61. The van der Waals surface area contributed by atoms with E-state index >= 15 is 0 Å². The Hall–Kier alpha value is -3.88. The summed E-state index contributed by atoms with van der Waals surface area (Å²) in [4.78, 5) is 7.88. The van der Waals surface area contributed by atoms with Crippen LogP contribution in [0.4, 0.5) is 32.0 Å². The van der Waals surface area contributed by atoms with Gasteiger partial charge in [-0.2, -0.15) is 26.3 Å². The van der Waals surface area contributed by atoms with Crippen molar-refractivity contribution in [3.8, 4) is 33.8 Å². The summed E-state index contributed by atoms with van der Waals surface area (Å²) in [6.45, 7) is 0. The van der Waals surface area contributed by atoms with E-state index in [-0.39, 0.29) is 17.1 Å². The van der Waals surface area contributed by atoms with Crippen LogP contribution in [0.25, 0.3) is 33.8 Å². The Morgan fingerprint density at radius 3 is 1.79 bits per heavy atom. The van der Waals surface area contributed by atoms with Crippen LogP contribution in [0.5, 0.6) is 0 Å². The highest BCUT2D eigenvalue weighted by Gasteiger charge is 2.34.